The van der Waals surface area contributed by atoms with Crippen LogP contribution >= 0.6 is 15.9 Å². The summed E-state index contributed by atoms with van der Waals surface area (Å²) in [6, 6.07) is 8.97. The molecule has 0 aliphatic carbocycles. The van der Waals surface area contributed by atoms with Gasteiger partial charge in [0, 0.05) is 10.2 Å². The monoisotopic (exact) mass is 421 g/mol. The number of aryl methyl sites for hydroxylation is 1. The molecule has 0 fully saturated rings. The molecule has 2 rings (SSSR count). The first kappa shape index (κ1) is 19.7. The topological polar surface area (TPSA) is 92.9 Å². The van der Waals surface area contributed by atoms with Gasteiger partial charge in [0.05, 0.1) is 19.2 Å². The molecule has 0 aliphatic heterocycles. The average molecular weight is 422 g/mol. The number of hydrogen-bond donors (Lipinski definition) is 2. The summed E-state index contributed by atoms with van der Waals surface area (Å²) in [6.07, 6.45) is 1.62. The minimum atomic E-state index is -0.402. The smallest absolute Gasteiger partial charge is 0.277 e. The highest BCUT2D eigenvalue weighted by Gasteiger charge is 2.07. The van der Waals surface area contributed by atoms with E-state index < -0.39 is 5.91 Å². The molecule has 0 unspecified atom stereocenters. The van der Waals surface area contributed by atoms with Gasteiger partial charge in [0.15, 0.2) is 6.61 Å². The Morgan fingerprint density at radius 3 is 2.77 bits per heavy atom. The maximum absolute atomic E-state index is 11.8. The van der Waals surface area contributed by atoms with Crippen molar-refractivity contribution in [2.45, 2.75) is 26.8 Å². The molecule has 0 saturated carbocycles. The van der Waals surface area contributed by atoms with Crippen molar-refractivity contribution < 1.29 is 18.7 Å². The highest BCUT2D eigenvalue weighted by Crippen LogP contribution is 2.21. The fourth-order valence-corrected chi connectivity index (χ4v) is 2.23. The summed E-state index contributed by atoms with van der Waals surface area (Å²) in [7, 11) is 0. The van der Waals surface area contributed by atoms with Gasteiger partial charge >= 0.3 is 0 Å². The summed E-state index contributed by atoms with van der Waals surface area (Å²) in [6.45, 7) is 3.74. The third-order valence-electron chi connectivity index (χ3n) is 3.33. The summed E-state index contributed by atoms with van der Waals surface area (Å²) < 4.78 is 11.5. The molecule has 8 heteroatoms. The Labute approximate surface area is 159 Å². The number of hydrogen-bond acceptors (Lipinski definition) is 5. The molecule has 0 aliphatic rings. The summed E-state index contributed by atoms with van der Waals surface area (Å²) in [4.78, 5) is 23.6. The number of halogens is 1. The third kappa shape index (κ3) is 6.72. The highest BCUT2D eigenvalue weighted by molar-refractivity contribution is 9.10. The van der Waals surface area contributed by atoms with Crippen molar-refractivity contribution in [2.75, 3.05) is 6.61 Å². The zero-order chi connectivity index (χ0) is 18.9. The molecule has 0 bridgehead atoms. The Balaban J connectivity index is 1.70. The number of furan rings is 1. The van der Waals surface area contributed by atoms with Crippen molar-refractivity contribution in [3.8, 4) is 5.75 Å². The standard InChI is InChI=1S/C18H20BrN3O4/c1-12-8-14(5-6-16(12)19)26-11-18(24)22-21-13(2)9-17(23)20-10-15-4-3-7-25-15/h3-8H,9-11H2,1-2H3,(H,20,23)(H,22,24). The van der Waals surface area contributed by atoms with Crippen LogP contribution in [0, 0.1) is 6.92 Å². The second-order valence-electron chi connectivity index (χ2n) is 5.61. The van der Waals surface area contributed by atoms with E-state index in [9.17, 15) is 9.59 Å². The van der Waals surface area contributed by atoms with Gasteiger partial charge in [0.1, 0.15) is 11.5 Å². The van der Waals surface area contributed by atoms with Crippen LogP contribution in [0.4, 0.5) is 0 Å². The van der Waals surface area contributed by atoms with Crippen LogP contribution in [0.5, 0.6) is 5.75 Å². The van der Waals surface area contributed by atoms with E-state index in [0.29, 0.717) is 23.8 Å². The van der Waals surface area contributed by atoms with Crippen LogP contribution in [0.1, 0.15) is 24.7 Å². The van der Waals surface area contributed by atoms with Crippen molar-refractivity contribution >= 4 is 33.5 Å². The first-order chi connectivity index (χ1) is 12.4. The van der Waals surface area contributed by atoms with E-state index in [1.807, 2.05) is 19.1 Å². The quantitative estimate of drug-likeness (QED) is 0.506. The predicted molar refractivity (Wildman–Crippen MR) is 101 cm³/mol. The number of carbonyl (C=O) groups excluding carboxylic acids is 2. The molecule has 1 aromatic heterocycles. The number of nitrogens with zero attached hydrogens (tertiary/aromatic N) is 1. The second-order valence-corrected chi connectivity index (χ2v) is 6.47. The molecule has 2 N–H and O–H groups in total. The van der Waals surface area contributed by atoms with Crippen LogP contribution in [0.25, 0.3) is 0 Å². The number of ether oxygens (including phenoxy) is 1. The number of nitrogens with one attached hydrogen (secondary N) is 2. The zero-order valence-corrected chi connectivity index (χ0v) is 16.1. The maximum Gasteiger partial charge on any atom is 0.277 e. The molecule has 0 radical (unpaired) electrons. The Hall–Kier alpha value is -2.61. The van der Waals surface area contributed by atoms with E-state index in [0.717, 1.165) is 10.0 Å². The molecule has 0 atom stereocenters. The van der Waals surface area contributed by atoms with Crippen molar-refractivity contribution in [1.82, 2.24) is 10.7 Å². The molecule has 2 aromatic rings. The molecule has 7 nitrogen and oxygen atoms in total. The molecule has 0 saturated heterocycles. The summed E-state index contributed by atoms with van der Waals surface area (Å²) >= 11 is 3.40. The molecule has 26 heavy (non-hydrogen) atoms. The van der Waals surface area contributed by atoms with E-state index >= 15 is 0 Å². The van der Waals surface area contributed by atoms with Crippen LogP contribution in [0.3, 0.4) is 0 Å². The number of carbonyl (C=O) groups is 2. The Kier molecular flexibility index (Phi) is 7.40. The fourth-order valence-electron chi connectivity index (χ4n) is 1.98. The van der Waals surface area contributed by atoms with Gasteiger partial charge in [-0.3, -0.25) is 9.59 Å². The average Bonchev–Trinajstić information content (AvgIpc) is 3.13. The van der Waals surface area contributed by atoms with E-state index in [4.69, 9.17) is 9.15 Å². The molecule has 138 valence electrons. The molecular formula is C18H20BrN3O4. The number of benzene rings is 1. The van der Waals surface area contributed by atoms with Gasteiger partial charge in [-0.2, -0.15) is 5.10 Å². The minimum absolute atomic E-state index is 0.0771. The van der Waals surface area contributed by atoms with Gasteiger partial charge in [-0.05, 0) is 49.7 Å². The van der Waals surface area contributed by atoms with Gasteiger partial charge in [0.25, 0.3) is 5.91 Å². The molecule has 2 amide bonds. The van der Waals surface area contributed by atoms with Gasteiger partial charge in [-0.25, -0.2) is 5.43 Å². The van der Waals surface area contributed by atoms with Crippen LogP contribution in [-0.4, -0.2) is 24.1 Å². The summed E-state index contributed by atoms with van der Waals surface area (Å²) in [5, 5.41) is 6.60. The Morgan fingerprint density at radius 1 is 1.27 bits per heavy atom. The number of hydrazone groups is 1. The van der Waals surface area contributed by atoms with E-state index in [1.165, 1.54) is 0 Å². The third-order valence-corrected chi connectivity index (χ3v) is 4.22. The summed E-state index contributed by atoms with van der Waals surface area (Å²) in [5.41, 5.74) is 3.86. The molecule has 1 heterocycles. The lowest BCUT2D eigenvalue weighted by Gasteiger charge is -2.07. The highest BCUT2D eigenvalue weighted by atomic mass is 79.9. The van der Waals surface area contributed by atoms with Gasteiger partial charge < -0.3 is 14.5 Å². The van der Waals surface area contributed by atoms with E-state index in [-0.39, 0.29) is 18.9 Å². The minimum Gasteiger partial charge on any atom is -0.484 e. The Morgan fingerprint density at radius 2 is 2.08 bits per heavy atom. The van der Waals surface area contributed by atoms with Gasteiger partial charge in [-0.15, -0.1) is 0 Å². The lowest BCUT2D eigenvalue weighted by atomic mass is 10.2. The van der Waals surface area contributed by atoms with Crippen LogP contribution < -0.4 is 15.5 Å². The summed E-state index contributed by atoms with van der Waals surface area (Å²) in [5.74, 6) is 0.653. The predicted octanol–water partition coefficient (Wildman–Crippen LogP) is 2.93. The first-order valence-corrected chi connectivity index (χ1v) is 8.73. The van der Waals surface area contributed by atoms with Gasteiger partial charge in [0.2, 0.25) is 5.91 Å². The van der Waals surface area contributed by atoms with Crippen molar-refractivity contribution in [3.63, 3.8) is 0 Å². The molecule has 0 spiro atoms. The number of rotatable bonds is 8. The fraction of sp³-hybridized carbons (Fsp3) is 0.278. The van der Waals surface area contributed by atoms with Gasteiger partial charge in [-0.1, -0.05) is 15.9 Å². The van der Waals surface area contributed by atoms with Crippen LogP contribution in [0.15, 0.2) is 50.6 Å². The lowest BCUT2D eigenvalue weighted by Crippen LogP contribution is -2.28. The second kappa shape index (κ2) is 9.76. The largest absolute Gasteiger partial charge is 0.484 e. The van der Waals surface area contributed by atoms with E-state index in [1.54, 1.807) is 31.4 Å². The lowest BCUT2D eigenvalue weighted by molar-refractivity contribution is -0.123. The SMILES string of the molecule is CC(CC(=O)NCc1ccco1)=NNC(=O)COc1ccc(Br)c(C)c1. The normalized spacial score (nSPS) is 11.1. The number of amides is 2. The van der Waals surface area contributed by atoms with Crippen molar-refractivity contribution in [2.24, 2.45) is 5.10 Å². The zero-order valence-electron chi connectivity index (χ0n) is 14.5. The maximum atomic E-state index is 11.8. The Bertz CT molecular complexity index is 788. The first-order valence-electron chi connectivity index (χ1n) is 7.94. The van der Waals surface area contributed by atoms with Crippen molar-refractivity contribution in [3.05, 3.63) is 52.4 Å². The van der Waals surface area contributed by atoms with Crippen molar-refractivity contribution in [1.29, 1.82) is 0 Å². The van der Waals surface area contributed by atoms with E-state index in [2.05, 4.69) is 31.8 Å². The molecule has 1 aromatic carbocycles. The molecular weight excluding hydrogens is 402 g/mol. The van der Waals surface area contributed by atoms with Crippen LogP contribution in [-0.2, 0) is 16.1 Å². The van der Waals surface area contributed by atoms with Crippen LogP contribution in [0.2, 0.25) is 0 Å².